The van der Waals surface area contributed by atoms with Gasteiger partial charge in [-0.05, 0) is 151 Å². The summed E-state index contributed by atoms with van der Waals surface area (Å²) in [5.74, 6) is -2.22. The minimum absolute atomic E-state index is 0.00353. The molecule has 1 aromatic carbocycles. The Morgan fingerprint density at radius 2 is 1.60 bits per heavy atom. The number of nitrogens with one attached hydrogen (secondary N) is 4. The summed E-state index contributed by atoms with van der Waals surface area (Å²) in [7, 11) is 5.64. The van der Waals surface area contributed by atoms with E-state index in [9.17, 15) is 24.0 Å². The molecule has 3 aromatic rings. The van der Waals surface area contributed by atoms with E-state index in [1.54, 1.807) is 48.5 Å². The molecular weight excluding hydrogens is 1320 g/mol. The lowest BCUT2D eigenvalue weighted by Crippen LogP contribution is -2.61. The number of benzene rings is 1. The Balaban J connectivity index is 0.596. The van der Waals surface area contributed by atoms with Crippen molar-refractivity contribution in [2.45, 2.75) is 278 Å². The van der Waals surface area contributed by atoms with Crippen LogP contribution in [0.3, 0.4) is 0 Å². The van der Waals surface area contributed by atoms with E-state index < -0.39 is 72.4 Å². The Morgan fingerprint density at radius 3 is 2.40 bits per heavy atom. The molecule has 2 aromatic heterocycles. The van der Waals surface area contributed by atoms with E-state index in [4.69, 9.17) is 64.3 Å². The molecule has 12 bridgehead atoms. The van der Waals surface area contributed by atoms with Gasteiger partial charge in [-0.25, -0.2) is 9.78 Å². The van der Waals surface area contributed by atoms with E-state index in [0.29, 0.717) is 79.6 Å². The molecule has 0 saturated carbocycles. The van der Waals surface area contributed by atoms with Crippen LogP contribution in [0, 0.1) is 22.5 Å². The third kappa shape index (κ3) is 17.6. The Morgan fingerprint density at radius 1 is 0.822 bits per heavy atom. The molecule has 14 rings (SSSR count). The van der Waals surface area contributed by atoms with Gasteiger partial charge >= 0.3 is 6.09 Å². The molecule has 2 unspecified atom stereocenters. The van der Waals surface area contributed by atoms with E-state index in [-0.39, 0.29) is 130 Å². The molecule has 11 aliphatic rings. The Kier molecular flexibility index (Phi) is 23.7. The van der Waals surface area contributed by atoms with Crippen molar-refractivity contribution in [2.24, 2.45) is 17.8 Å². The van der Waals surface area contributed by atoms with Gasteiger partial charge in [0.2, 0.25) is 17.7 Å². The lowest BCUT2D eigenvalue weighted by Gasteiger charge is -2.47. The fourth-order valence-corrected chi connectivity index (χ4v) is 17.1. The molecular formula is C74H104N10O16S. The van der Waals surface area contributed by atoms with Crippen molar-refractivity contribution in [1.29, 1.82) is 0 Å². The topological polar surface area (TPSA) is 289 Å². The van der Waals surface area contributed by atoms with Crippen LogP contribution in [0.1, 0.15) is 155 Å². The number of aromatic amines is 1. The lowest BCUT2D eigenvalue weighted by atomic mass is 9.81. The number of carbonyl (C=O) groups is 5. The van der Waals surface area contributed by atoms with Gasteiger partial charge in [0.15, 0.2) is 10.6 Å². The summed E-state index contributed by atoms with van der Waals surface area (Å²) in [5, 5.41) is 17.3. The van der Waals surface area contributed by atoms with Gasteiger partial charge in [-0.1, -0.05) is 57.7 Å². The first kappa shape index (κ1) is 73.4. The number of Topliss-reactive ketones (excluding diaryl/α,β-unsaturated/α-hetero) is 1. The zero-order chi connectivity index (χ0) is 70.6. The third-order valence-electron chi connectivity index (χ3n) is 22.5. The highest BCUT2D eigenvalue weighted by molar-refractivity contribution is 7.71. The molecule has 552 valence electrons. The van der Waals surface area contributed by atoms with E-state index in [2.05, 4.69) is 61.2 Å². The third-order valence-corrected chi connectivity index (χ3v) is 22.7. The first-order chi connectivity index (χ1) is 48.7. The molecule has 21 atom stereocenters. The minimum Gasteiger partial charge on any atom is -0.444 e. The summed E-state index contributed by atoms with van der Waals surface area (Å²) < 4.78 is 75.7. The predicted octanol–water partition coefficient (Wildman–Crippen LogP) is 8.38. The fraction of sp³-hybridized carbons (Fsp3) is 0.716. The van der Waals surface area contributed by atoms with Gasteiger partial charge < -0.3 is 77.9 Å². The summed E-state index contributed by atoms with van der Waals surface area (Å²) in [6, 6.07) is 5.26. The molecule has 11 saturated heterocycles. The maximum absolute atomic E-state index is 14.7. The number of aryl methyl sites for hydroxylation is 1. The normalized spacial score (nSPS) is 34.4. The van der Waals surface area contributed by atoms with Crippen molar-refractivity contribution >= 4 is 47.5 Å². The van der Waals surface area contributed by atoms with Crippen LogP contribution in [-0.4, -0.2) is 221 Å². The average Bonchev–Trinajstić information content (AvgIpc) is 1.55. The van der Waals surface area contributed by atoms with Crippen LogP contribution >= 0.6 is 12.2 Å². The van der Waals surface area contributed by atoms with Crippen LogP contribution in [0.25, 0.3) is 11.3 Å². The van der Waals surface area contributed by atoms with Gasteiger partial charge in [0, 0.05) is 88.2 Å². The van der Waals surface area contributed by atoms with Gasteiger partial charge in [-0.2, -0.15) is 0 Å². The van der Waals surface area contributed by atoms with Gasteiger partial charge in [-0.15, -0.1) is 5.10 Å². The van der Waals surface area contributed by atoms with Crippen LogP contribution in [-0.2, 0) is 84.4 Å². The monoisotopic (exact) mass is 1420 g/mol. The number of hydrogen-bond acceptors (Lipinski definition) is 21. The zero-order valence-electron chi connectivity index (χ0n) is 59.4. The van der Waals surface area contributed by atoms with Gasteiger partial charge in [0.25, 0.3) is 0 Å². The number of H-pyrrole nitrogens is 1. The number of hydrogen-bond donors (Lipinski definition) is 4. The largest absolute Gasteiger partial charge is 0.444 e. The molecule has 1 spiro atoms. The number of anilines is 1. The fourth-order valence-electron chi connectivity index (χ4n) is 17.0. The lowest BCUT2D eigenvalue weighted by molar-refractivity contribution is -0.292. The Labute approximate surface area is 597 Å². The summed E-state index contributed by atoms with van der Waals surface area (Å²) in [6.07, 6.45) is 12.5. The number of unbranched alkanes of at least 4 members (excludes halogenated alkanes) is 3. The number of fused-ring (bicyclic) bond motifs is 6. The number of aromatic nitrogens is 5. The maximum Gasteiger partial charge on any atom is 0.412 e. The second-order valence-corrected chi connectivity index (χ2v) is 30.9. The van der Waals surface area contributed by atoms with E-state index in [0.717, 1.165) is 81.0 Å². The standard InChI is InChI=1S/C74H104N10O16S/c1-41(2)63(79-62(86)15-10-9-12-27-84-38-55(80-81-84)46-35-75-72(101)76-36-46)71(88)78-54(14-11-13-26-82(6)7)70(87)77-47-18-16-45(17-19-47)39-91-73(89)83-37-52(92-40-83)32-60-64(90-8)53-31-48(85)30-50-21-23-57-65(95-50)69-68-67(97-57)66-61(98-68)34-74(99-66,100-69)25-24-51-29-43(4)56(93-51)22-20-49-28-42(3)44(5)58(94-49)33-59(53)96-60/h16-19,35-36,38,41-42,49-54,56-61,63-69H,4-5,9-15,20-34,37,39-40H2,1-3,6-8H3,(H,77,87)(H,78,88)(H,79,86)(H,75,76,101)/t42-,49+,50-,51+,52+,53+,54+,56?,57+,58-,59+,60-,61?,63+,64-,65+,66+,67+,68-,69+,74+/m1/s1. The van der Waals surface area contributed by atoms with Crippen LogP contribution in [0.2, 0.25) is 0 Å². The molecule has 11 fully saturated rings. The first-order valence-electron chi connectivity index (χ1n) is 37.0. The number of amides is 4. The summed E-state index contributed by atoms with van der Waals surface area (Å²) in [4.78, 5) is 80.3. The zero-order valence-corrected chi connectivity index (χ0v) is 60.2. The molecule has 11 aliphatic heterocycles. The second-order valence-electron chi connectivity index (χ2n) is 30.6. The van der Waals surface area contributed by atoms with Crippen LogP contribution in [0.4, 0.5) is 10.5 Å². The van der Waals surface area contributed by atoms with E-state index >= 15 is 0 Å². The highest BCUT2D eigenvalue weighted by atomic mass is 32.1. The molecule has 0 radical (unpaired) electrons. The minimum atomic E-state index is -0.879. The van der Waals surface area contributed by atoms with Crippen molar-refractivity contribution in [1.82, 2.24) is 45.4 Å². The molecule has 4 amide bonds. The first-order valence-corrected chi connectivity index (χ1v) is 37.4. The summed E-state index contributed by atoms with van der Waals surface area (Å²) >= 11 is 5.04. The maximum atomic E-state index is 14.7. The van der Waals surface area contributed by atoms with Gasteiger partial charge in [-0.3, -0.25) is 28.8 Å². The number of methoxy groups -OCH3 is 1. The predicted molar refractivity (Wildman–Crippen MR) is 371 cm³/mol. The van der Waals surface area contributed by atoms with Crippen molar-refractivity contribution < 1.29 is 76.1 Å². The van der Waals surface area contributed by atoms with Gasteiger partial charge in [0.05, 0.1) is 79.9 Å². The average molecular weight is 1420 g/mol. The molecule has 101 heavy (non-hydrogen) atoms. The summed E-state index contributed by atoms with van der Waals surface area (Å²) in [5.41, 5.74) is 4.76. The van der Waals surface area contributed by atoms with Crippen LogP contribution in [0.15, 0.2) is 67.2 Å². The number of nitrogens with zero attached hydrogens (tertiary/aromatic N) is 6. The SMILES string of the molecule is C=C1C[C@@H]2CC[C@@]34CC5O[C@H]6[C@@H](O3)[C@H]3O[C@H](CC[C@@H]3O[C@H]6[C@H]5O4)CC(=O)C[C@@H]3[C@@H](OC)[C@@H](C[C@H]4CN(C(=O)OCc5ccc(NC(=O)[C@H](CCCCN(C)C)NC(=O)[C@@H](NC(=O)CCCCCn6cc(-c7cnc(=S)[nH]c7)nn6)C(C)C)cc5)CO4)O[C@H]3C[C@H]3O[C@@H](CCC1O2)C[C@@H](C)C3=C. The van der Waals surface area contributed by atoms with Crippen molar-refractivity contribution in [3.8, 4) is 11.3 Å². The molecule has 0 aliphatic carbocycles. The highest BCUT2D eigenvalue weighted by Gasteiger charge is 2.69. The Bertz CT molecular complexity index is 3460. The quantitative estimate of drug-likeness (QED) is 0.0394. The Hall–Kier alpha value is -5.95. The van der Waals surface area contributed by atoms with Crippen molar-refractivity contribution in [3.05, 3.63) is 77.5 Å². The van der Waals surface area contributed by atoms with E-state index in [1.807, 2.05) is 34.1 Å². The van der Waals surface area contributed by atoms with Crippen molar-refractivity contribution in [2.75, 3.05) is 46.3 Å². The van der Waals surface area contributed by atoms with Crippen molar-refractivity contribution in [3.63, 3.8) is 0 Å². The summed E-state index contributed by atoms with van der Waals surface area (Å²) in [6.45, 7) is 16.7. The molecule has 26 nitrogen and oxygen atoms in total. The molecule has 13 heterocycles. The second kappa shape index (κ2) is 32.6. The number of ketones is 1. The molecule has 27 heteroatoms. The van der Waals surface area contributed by atoms with Crippen LogP contribution < -0.4 is 16.0 Å². The van der Waals surface area contributed by atoms with Crippen LogP contribution in [0.5, 0.6) is 0 Å². The number of ether oxygens (including phenoxy) is 11. The van der Waals surface area contributed by atoms with E-state index in [1.165, 1.54) is 4.90 Å². The number of carbonyl (C=O) groups excluding carboxylic acids is 5. The molecule has 4 N–H and O–H groups in total. The number of rotatable bonds is 23. The highest BCUT2D eigenvalue weighted by Crippen LogP contribution is 2.55. The van der Waals surface area contributed by atoms with Gasteiger partial charge in [0.1, 0.15) is 67.4 Å². The smallest absolute Gasteiger partial charge is 0.412 e.